The largest absolute Gasteiger partial charge is 0.489 e. The Balaban J connectivity index is 0.00000320. The van der Waals surface area contributed by atoms with E-state index in [1.807, 2.05) is 44.2 Å². The maximum Gasteiger partial charge on any atom is 0.335 e. The summed E-state index contributed by atoms with van der Waals surface area (Å²) in [7, 11) is 0. The molecule has 4 aromatic carbocycles. The molecule has 0 fully saturated rings. The predicted molar refractivity (Wildman–Crippen MR) is 152 cm³/mol. The van der Waals surface area contributed by atoms with Gasteiger partial charge in [0.25, 0.3) is 0 Å². The Morgan fingerprint density at radius 1 is 0.946 bits per heavy atom. The Labute approximate surface area is 225 Å². The Hall–Kier alpha value is -3.34. The second-order valence-corrected chi connectivity index (χ2v) is 10.1. The molecular formula is C32H34ClNO3. The fourth-order valence-corrected chi connectivity index (χ4v) is 5.46. The molecule has 0 unspecified atom stereocenters. The number of carboxylic acids is 1. The minimum Gasteiger partial charge on any atom is -0.489 e. The van der Waals surface area contributed by atoms with Crippen molar-refractivity contribution in [3.8, 4) is 5.75 Å². The highest BCUT2D eigenvalue weighted by Crippen LogP contribution is 2.41. The van der Waals surface area contributed by atoms with Crippen molar-refractivity contribution in [2.45, 2.75) is 51.2 Å². The van der Waals surface area contributed by atoms with Gasteiger partial charge in [-0.2, -0.15) is 0 Å². The van der Waals surface area contributed by atoms with E-state index in [0.29, 0.717) is 12.1 Å². The molecule has 4 aromatic rings. The molecule has 0 bridgehead atoms. The van der Waals surface area contributed by atoms with Crippen LogP contribution in [0.25, 0.3) is 10.8 Å². The fourth-order valence-electron chi connectivity index (χ4n) is 5.46. The van der Waals surface area contributed by atoms with E-state index in [-0.39, 0.29) is 36.4 Å². The highest BCUT2D eigenvalue weighted by atomic mass is 35.5. The van der Waals surface area contributed by atoms with Gasteiger partial charge in [0.2, 0.25) is 0 Å². The van der Waals surface area contributed by atoms with Crippen molar-refractivity contribution in [3.63, 3.8) is 0 Å². The molecule has 2 N–H and O–H groups in total. The molecule has 0 saturated carbocycles. The van der Waals surface area contributed by atoms with Crippen LogP contribution >= 0.6 is 12.4 Å². The summed E-state index contributed by atoms with van der Waals surface area (Å²) in [5, 5.41) is 16.1. The minimum absolute atomic E-state index is 0. The van der Waals surface area contributed by atoms with Crippen molar-refractivity contribution in [1.82, 2.24) is 5.32 Å². The summed E-state index contributed by atoms with van der Waals surface area (Å²) in [4.78, 5) is 12.0. The van der Waals surface area contributed by atoms with Gasteiger partial charge in [-0.25, -0.2) is 4.79 Å². The zero-order valence-electron chi connectivity index (χ0n) is 21.5. The Morgan fingerprint density at radius 2 is 1.68 bits per heavy atom. The maximum atomic E-state index is 12.0. The average Bonchev–Trinajstić information content (AvgIpc) is 2.90. The van der Waals surface area contributed by atoms with E-state index in [4.69, 9.17) is 4.74 Å². The van der Waals surface area contributed by atoms with Gasteiger partial charge >= 0.3 is 5.97 Å². The SMILES string of the molecule is CC(C)c1ccc([C@@H]2C[C@H](CN[C@H](C)c3cccc4ccccc34)Oc3ccccc32)cc1C(=O)O.Cl. The topological polar surface area (TPSA) is 58.6 Å². The molecule has 1 aliphatic heterocycles. The van der Waals surface area contributed by atoms with Crippen LogP contribution in [0.1, 0.15) is 77.7 Å². The van der Waals surface area contributed by atoms with Crippen molar-refractivity contribution >= 4 is 29.1 Å². The van der Waals surface area contributed by atoms with Gasteiger partial charge in [-0.3, -0.25) is 0 Å². The third-order valence-electron chi connectivity index (χ3n) is 7.36. The van der Waals surface area contributed by atoms with E-state index in [9.17, 15) is 9.90 Å². The number of hydrogen-bond acceptors (Lipinski definition) is 3. The lowest BCUT2D eigenvalue weighted by Crippen LogP contribution is -2.37. The summed E-state index contributed by atoms with van der Waals surface area (Å²) in [6.07, 6.45) is 0.757. The first-order valence-electron chi connectivity index (χ1n) is 12.8. The minimum atomic E-state index is -0.872. The van der Waals surface area contributed by atoms with E-state index >= 15 is 0 Å². The van der Waals surface area contributed by atoms with Crippen LogP contribution < -0.4 is 10.1 Å². The molecule has 3 atom stereocenters. The number of benzene rings is 4. The number of para-hydroxylation sites is 1. The van der Waals surface area contributed by atoms with Gasteiger partial charge < -0.3 is 15.2 Å². The first kappa shape index (κ1) is 26.7. The van der Waals surface area contributed by atoms with E-state index < -0.39 is 5.97 Å². The summed E-state index contributed by atoms with van der Waals surface area (Å²) < 4.78 is 6.42. The van der Waals surface area contributed by atoms with Crippen molar-refractivity contribution in [2.75, 3.05) is 6.54 Å². The lowest BCUT2D eigenvalue weighted by molar-refractivity contribution is 0.0695. The van der Waals surface area contributed by atoms with Crippen molar-refractivity contribution in [3.05, 3.63) is 113 Å². The van der Waals surface area contributed by atoms with E-state index in [2.05, 4.69) is 66.8 Å². The summed E-state index contributed by atoms with van der Waals surface area (Å²) >= 11 is 0. The summed E-state index contributed by atoms with van der Waals surface area (Å²) in [5.74, 6) is 0.236. The molecule has 4 nitrogen and oxygen atoms in total. The van der Waals surface area contributed by atoms with Gasteiger partial charge in [-0.05, 0) is 58.9 Å². The second-order valence-electron chi connectivity index (χ2n) is 10.1. The zero-order valence-corrected chi connectivity index (χ0v) is 22.3. The molecule has 1 heterocycles. The molecule has 0 radical (unpaired) electrons. The molecule has 0 aromatic heterocycles. The smallest absolute Gasteiger partial charge is 0.335 e. The Morgan fingerprint density at radius 3 is 2.46 bits per heavy atom. The lowest BCUT2D eigenvalue weighted by Gasteiger charge is -2.34. The number of hydrogen-bond donors (Lipinski definition) is 2. The molecule has 5 rings (SSSR count). The van der Waals surface area contributed by atoms with Crippen LogP contribution in [-0.4, -0.2) is 23.7 Å². The number of carboxylic acid groups (broad SMARTS) is 1. The molecule has 0 spiro atoms. The standard InChI is InChI=1S/C32H33NO3.ClH/c1-20(2)25-16-15-23(17-30(25)32(34)35)29-18-24(36-31-14-7-6-12-28(29)31)19-33-21(3)26-13-8-10-22-9-4-5-11-27(22)26;/h4-17,20-21,24,29,33H,18-19H2,1-3H3,(H,34,35);1H/t21-,24-,29+;/m1./s1. The summed E-state index contributed by atoms with van der Waals surface area (Å²) in [6, 6.07) is 29.2. The first-order valence-corrected chi connectivity index (χ1v) is 12.8. The summed E-state index contributed by atoms with van der Waals surface area (Å²) in [6.45, 7) is 6.96. The molecule has 5 heteroatoms. The van der Waals surface area contributed by atoms with Crippen LogP contribution in [0.3, 0.4) is 0 Å². The quantitative estimate of drug-likeness (QED) is 0.264. The van der Waals surface area contributed by atoms with Crippen molar-refractivity contribution < 1.29 is 14.6 Å². The van der Waals surface area contributed by atoms with Gasteiger partial charge in [0.15, 0.2) is 0 Å². The molecule has 0 amide bonds. The van der Waals surface area contributed by atoms with Crippen LogP contribution in [0.5, 0.6) is 5.75 Å². The van der Waals surface area contributed by atoms with Gasteiger partial charge in [0, 0.05) is 24.1 Å². The van der Waals surface area contributed by atoms with E-state index in [0.717, 1.165) is 28.9 Å². The highest BCUT2D eigenvalue weighted by Gasteiger charge is 2.30. The first-order chi connectivity index (χ1) is 17.4. The number of rotatable bonds is 7. The maximum absolute atomic E-state index is 12.0. The predicted octanol–water partition coefficient (Wildman–Crippen LogP) is 7.72. The number of carbonyl (C=O) groups is 1. The third kappa shape index (κ3) is 5.51. The molecule has 0 aliphatic carbocycles. The number of aromatic carboxylic acids is 1. The monoisotopic (exact) mass is 515 g/mol. The fraction of sp³-hybridized carbons (Fsp3) is 0.281. The van der Waals surface area contributed by atoms with Crippen LogP contribution in [0.15, 0.2) is 84.9 Å². The van der Waals surface area contributed by atoms with Crippen LogP contribution in [0.4, 0.5) is 0 Å². The van der Waals surface area contributed by atoms with Crippen molar-refractivity contribution in [2.24, 2.45) is 0 Å². The second kappa shape index (κ2) is 11.4. The average molecular weight is 516 g/mol. The molecular weight excluding hydrogens is 482 g/mol. The number of ether oxygens (including phenoxy) is 1. The van der Waals surface area contributed by atoms with Gasteiger partial charge in [-0.15, -0.1) is 12.4 Å². The lowest BCUT2D eigenvalue weighted by atomic mass is 9.82. The molecule has 37 heavy (non-hydrogen) atoms. The molecule has 0 saturated heterocycles. The van der Waals surface area contributed by atoms with Crippen LogP contribution in [0.2, 0.25) is 0 Å². The van der Waals surface area contributed by atoms with Gasteiger partial charge in [0.05, 0.1) is 5.56 Å². The molecule has 192 valence electrons. The van der Waals surface area contributed by atoms with E-state index in [1.54, 1.807) is 0 Å². The Bertz CT molecular complexity index is 1390. The van der Waals surface area contributed by atoms with Gasteiger partial charge in [-0.1, -0.05) is 86.6 Å². The number of fused-ring (bicyclic) bond motifs is 2. The number of nitrogens with one attached hydrogen (secondary N) is 1. The zero-order chi connectivity index (χ0) is 25.2. The normalized spacial score (nSPS) is 17.5. The van der Waals surface area contributed by atoms with Crippen LogP contribution in [0, 0.1) is 0 Å². The van der Waals surface area contributed by atoms with E-state index in [1.165, 1.54) is 16.3 Å². The highest BCUT2D eigenvalue weighted by molar-refractivity contribution is 5.90. The Kier molecular flexibility index (Phi) is 8.21. The van der Waals surface area contributed by atoms with Gasteiger partial charge in [0.1, 0.15) is 11.9 Å². The number of halogens is 1. The molecule has 1 aliphatic rings. The van der Waals surface area contributed by atoms with Crippen molar-refractivity contribution in [1.29, 1.82) is 0 Å². The third-order valence-corrected chi connectivity index (χ3v) is 7.36. The summed E-state index contributed by atoms with van der Waals surface area (Å²) in [5.41, 5.74) is 4.68. The van der Waals surface area contributed by atoms with Crippen LogP contribution in [-0.2, 0) is 0 Å².